The molecule has 1 N–H and O–H groups in total. The molecule has 2 rings (SSSR count). The Kier molecular flexibility index (Phi) is 8.09. The molecule has 0 fully saturated rings. The van der Waals surface area contributed by atoms with Crippen LogP contribution in [-0.2, 0) is 9.53 Å². The van der Waals surface area contributed by atoms with Crippen LogP contribution < -0.4 is 14.8 Å². The predicted molar refractivity (Wildman–Crippen MR) is 109 cm³/mol. The summed E-state index contributed by atoms with van der Waals surface area (Å²) in [5.41, 5.74) is 1.84. The summed E-state index contributed by atoms with van der Waals surface area (Å²) in [6.45, 7) is 6.95. The quantitative estimate of drug-likeness (QED) is 0.516. The fraction of sp³-hybridized carbons (Fsp3) is 0.273. The van der Waals surface area contributed by atoms with Gasteiger partial charge in [0, 0.05) is 11.8 Å². The highest BCUT2D eigenvalue weighted by molar-refractivity contribution is 6.02. The summed E-state index contributed by atoms with van der Waals surface area (Å²) in [7, 11) is 0. The topological polar surface area (TPSA) is 73.9 Å². The van der Waals surface area contributed by atoms with Crippen LogP contribution in [0.5, 0.6) is 11.5 Å². The van der Waals surface area contributed by atoms with E-state index in [9.17, 15) is 9.59 Å². The average molecular weight is 383 g/mol. The van der Waals surface area contributed by atoms with E-state index in [1.54, 1.807) is 37.3 Å². The highest BCUT2D eigenvalue weighted by atomic mass is 16.5. The number of ether oxygens (including phenoxy) is 3. The normalized spacial score (nSPS) is 10.5. The predicted octanol–water partition coefficient (Wildman–Crippen LogP) is 4.31. The van der Waals surface area contributed by atoms with E-state index in [0.717, 1.165) is 5.56 Å². The molecule has 0 bridgehead atoms. The number of hydrogen-bond donors (Lipinski definition) is 1. The Bertz CT molecular complexity index is 827. The van der Waals surface area contributed by atoms with Crippen molar-refractivity contribution in [2.24, 2.45) is 0 Å². The van der Waals surface area contributed by atoms with Crippen molar-refractivity contribution < 1.29 is 23.8 Å². The molecule has 6 nitrogen and oxygen atoms in total. The average Bonchev–Trinajstić information content (AvgIpc) is 2.69. The third-order valence-corrected chi connectivity index (χ3v) is 3.66. The highest BCUT2D eigenvalue weighted by Gasteiger charge is 2.07. The van der Waals surface area contributed by atoms with Crippen LogP contribution in [0, 0.1) is 0 Å². The summed E-state index contributed by atoms with van der Waals surface area (Å²) in [4.78, 5) is 23.8. The lowest BCUT2D eigenvalue weighted by Gasteiger charge is -2.11. The minimum Gasteiger partial charge on any atom is -0.490 e. The third kappa shape index (κ3) is 6.16. The van der Waals surface area contributed by atoms with Gasteiger partial charge in [-0.2, -0.15) is 0 Å². The van der Waals surface area contributed by atoms with Crippen molar-refractivity contribution in [3.05, 3.63) is 59.7 Å². The first-order valence-corrected chi connectivity index (χ1v) is 9.23. The molecule has 0 aliphatic rings. The maximum Gasteiger partial charge on any atom is 0.338 e. The zero-order valence-corrected chi connectivity index (χ0v) is 16.4. The molecule has 0 unspecified atom stereocenters. The van der Waals surface area contributed by atoms with Crippen molar-refractivity contribution in [2.75, 3.05) is 25.1 Å². The molecule has 6 heteroatoms. The van der Waals surface area contributed by atoms with E-state index in [1.807, 2.05) is 32.0 Å². The Hall–Kier alpha value is -3.28. The lowest BCUT2D eigenvalue weighted by atomic mass is 10.2. The SMILES string of the molecule is CCOC(=O)c1ccc(NC(=O)/C=C/c2ccc(OCC)c(OCC)c2)cc1. The Morgan fingerprint density at radius 3 is 2.21 bits per heavy atom. The van der Waals surface area contributed by atoms with Crippen molar-refractivity contribution in [1.29, 1.82) is 0 Å². The molecule has 2 aromatic rings. The summed E-state index contributed by atoms with van der Waals surface area (Å²) < 4.78 is 16.0. The van der Waals surface area contributed by atoms with Gasteiger partial charge in [-0.15, -0.1) is 0 Å². The van der Waals surface area contributed by atoms with Crippen LogP contribution in [-0.4, -0.2) is 31.7 Å². The minimum atomic E-state index is -0.388. The molecule has 0 radical (unpaired) electrons. The monoisotopic (exact) mass is 383 g/mol. The van der Waals surface area contributed by atoms with E-state index in [-0.39, 0.29) is 11.9 Å². The van der Waals surface area contributed by atoms with E-state index >= 15 is 0 Å². The maximum absolute atomic E-state index is 12.1. The molecular formula is C22H25NO5. The Morgan fingerprint density at radius 2 is 1.57 bits per heavy atom. The van der Waals surface area contributed by atoms with E-state index in [0.29, 0.717) is 42.6 Å². The van der Waals surface area contributed by atoms with Gasteiger partial charge in [-0.25, -0.2) is 4.79 Å². The van der Waals surface area contributed by atoms with Gasteiger partial charge in [0.25, 0.3) is 0 Å². The molecule has 148 valence electrons. The third-order valence-electron chi connectivity index (χ3n) is 3.66. The molecule has 0 aromatic heterocycles. The molecule has 0 heterocycles. The number of esters is 1. The molecule has 28 heavy (non-hydrogen) atoms. The second-order valence-electron chi connectivity index (χ2n) is 5.69. The van der Waals surface area contributed by atoms with Crippen LogP contribution >= 0.6 is 0 Å². The maximum atomic E-state index is 12.1. The first kappa shape index (κ1) is 21.0. The standard InChI is InChI=1S/C22H25NO5/c1-4-26-19-13-7-16(15-20(19)27-5-2)8-14-21(24)23-18-11-9-17(10-12-18)22(25)28-6-3/h7-15H,4-6H2,1-3H3,(H,23,24)/b14-8+. The summed E-state index contributed by atoms with van der Waals surface area (Å²) in [6.07, 6.45) is 3.13. The molecule has 0 saturated heterocycles. The van der Waals surface area contributed by atoms with Gasteiger partial charge in [0.1, 0.15) is 0 Å². The molecule has 0 saturated carbocycles. The van der Waals surface area contributed by atoms with Crippen molar-refractivity contribution in [3.63, 3.8) is 0 Å². The Balaban J connectivity index is 2.01. The van der Waals surface area contributed by atoms with Crippen LogP contribution in [0.25, 0.3) is 6.08 Å². The molecular weight excluding hydrogens is 358 g/mol. The van der Waals surface area contributed by atoms with Gasteiger partial charge in [-0.1, -0.05) is 6.07 Å². The highest BCUT2D eigenvalue weighted by Crippen LogP contribution is 2.29. The lowest BCUT2D eigenvalue weighted by molar-refractivity contribution is -0.111. The van der Waals surface area contributed by atoms with Crippen molar-refractivity contribution in [3.8, 4) is 11.5 Å². The zero-order chi connectivity index (χ0) is 20.4. The van der Waals surface area contributed by atoms with Crippen LogP contribution in [0.2, 0.25) is 0 Å². The van der Waals surface area contributed by atoms with Gasteiger partial charge in [-0.3, -0.25) is 4.79 Å². The van der Waals surface area contributed by atoms with Crippen molar-refractivity contribution in [2.45, 2.75) is 20.8 Å². The zero-order valence-electron chi connectivity index (χ0n) is 16.4. The van der Waals surface area contributed by atoms with E-state index in [4.69, 9.17) is 14.2 Å². The van der Waals surface area contributed by atoms with Gasteiger partial charge in [0.15, 0.2) is 11.5 Å². The lowest BCUT2D eigenvalue weighted by Crippen LogP contribution is -2.08. The Labute approximate surface area is 165 Å². The largest absolute Gasteiger partial charge is 0.490 e. The molecule has 0 aliphatic carbocycles. The summed E-state index contributed by atoms with van der Waals surface area (Å²) in [5.74, 6) is 0.644. The second-order valence-corrected chi connectivity index (χ2v) is 5.69. The fourth-order valence-electron chi connectivity index (χ4n) is 2.43. The van der Waals surface area contributed by atoms with Gasteiger partial charge < -0.3 is 19.5 Å². The van der Waals surface area contributed by atoms with Crippen LogP contribution in [0.3, 0.4) is 0 Å². The van der Waals surface area contributed by atoms with Gasteiger partial charge in [-0.05, 0) is 68.8 Å². The number of carbonyl (C=O) groups is 2. The smallest absolute Gasteiger partial charge is 0.338 e. The minimum absolute atomic E-state index is 0.282. The summed E-state index contributed by atoms with van der Waals surface area (Å²) in [5, 5.41) is 2.75. The molecule has 0 atom stereocenters. The van der Waals surface area contributed by atoms with Crippen LogP contribution in [0.15, 0.2) is 48.5 Å². The summed E-state index contributed by atoms with van der Waals surface area (Å²) >= 11 is 0. The van der Waals surface area contributed by atoms with E-state index < -0.39 is 0 Å². The van der Waals surface area contributed by atoms with Gasteiger partial charge in [0.05, 0.1) is 25.4 Å². The molecule has 1 amide bonds. The summed E-state index contributed by atoms with van der Waals surface area (Å²) in [6, 6.07) is 12.0. The first-order valence-electron chi connectivity index (χ1n) is 9.23. The number of carbonyl (C=O) groups excluding carboxylic acids is 2. The number of benzene rings is 2. The number of nitrogens with one attached hydrogen (secondary N) is 1. The van der Waals surface area contributed by atoms with Crippen molar-refractivity contribution >= 4 is 23.6 Å². The van der Waals surface area contributed by atoms with Gasteiger partial charge >= 0.3 is 5.97 Å². The molecule has 0 aliphatic heterocycles. The molecule has 2 aromatic carbocycles. The fourth-order valence-corrected chi connectivity index (χ4v) is 2.43. The van der Waals surface area contributed by atoms with E-state index in [1.165, 1.54) is 6.08 Å². The molecule has 0 spiro atoms. The number of hydrogen-bond acceptors (Lipinski definition) is 5. The van der Waals surface area contributed by atoms with E-state index in [2.05, 4.69) is 5.32 Å². The van der Waals surface area contributed by atoms with Gasteiger partial charge in [0.2, 0.25) is 5.91 Å². The Morgan fingerprint density at radius 1 is 0.893 bits per heavy atom. The number of anilines is 1. The van der Waals surface area contributed by atoms with Crippen molar-refractivity contribution in [1.82, 2.24) is 0 Å². The van der Waals surface area contributed by atoms with Crippen LogP contribution in [0.4, 0.5) is 5.69 Å². The number of amides is 1. The second kappa shape index (κ2) is 10.8. The first-order chi connectivity index (χ1) is 13.6. The van der Waals surface area contributed by atoms with Crippen LogP contribution in [0.1, 0.15) is 36.7 Å². The number of rotatable bonds is 9.